The van der Waals surface area contributed by atoms with Crippen LogP contribution in [0.15, 0.2) is 36.5 Å². The molecule has 2 amide bonds. The van der Waals surface area contributed by atoms with Gasteiger partial charge in [-0.25, -0.2) is 14.8 Å². The molecule has 0 unspecified atom stereocenters. The molecular formula is C21H22ClF3N6O. The largest absolute Gasteiger partial charge is 0.449 e. The minimum Gasteiger partial charge on any atom is -0.322 e. The van der Waals surface area contributed by atoms with Gasteiger partial charge in [0.15, 0.2) is 5.65 Å². The Morgan fingerprint density at radius 2 is 1.91 bits per heavy atom. The average molecular weight is 467 g/mol. The number of aromatic nitrogens is 3. The van der Waals surface area contributed by atoms with Crippen molar-refractivity contribution < 1.29 is 18.0 Å². The number of nitrogens with zero attached hydrogens (tertiary/aromatic N) is 5. The molecule has 11 heteroatoms. The van der Waals surface area contributed by atoms with E-state index in [2.05, 4.69) is 15.3 Å². The highest BCUT2D eigenvalue weighted by molar-refractivity contribution is 6.31. The van der Waals surface area contributed by atoms with Gasteiger partial charge in [0.1, 0.15) is 5.52 Å². The molecule has 0 radical (unpaired) electrons. The SMILES string of the molecule is Cc1ccc(Cl)cc1NC(=O)N1CCN(CCn2c(C(F)(F)F)nc3cccnc32)CC1. The number of halogens is 4. The first-order valence-electron chi connectivity index (χ1n) is 10.2. The fourth-order valence-electron chi connectivity index (χ4n) is 3.73. The van der Waals surface area contributed by atoms with Gasteiger partial charge >= 0.3 is 12.2 Å². The highest BCUT2D eigenvalue weighted by Gasteiger charge is 2.38. The van der Waals surface area contributed by atoms with Crippen molar-refractivity contribution in [1.29, 1.82) is 0 Å². The van der Waals surface area contributed by atoms with Crippen molar-refractivity contribution in [2.75, 3.05) is 38.0 Å². The fraction of sp³-hybridized carbons (Fsp3) is 0.381. The van der Waals surface area contributed by atoms with Gasteiger partial charge in [0, 0.05) is 56.2 Å². The molecule has 32 heavy (non-hydrogen) atoms. The lowest BCUT2D eigenvalue weighted by molar-refractivity contribution is -0.147. The second kappa shape index (κ2) is 8.95. The number of piperazine rings is 1. The van der Waals surface area contributed by atoms with Crippen molar-refractivity contribution in [2.24, 2.45) is 0 Å². The Labute approximate surface area is 187 Å². The molecule has 3 heterocycles. The van der Waals surface area contributed by atoms with Gasteiger partial charge in [-0.1, -0.05) is 17.7 Å². The maximum absolute atomic E-state index is 13.4. The summed E-state index contributed by atoms with van der Waals surface area (Å²) in [5, 5.41) is 3.41. The predicted molar refractivity (Wildman–Crippen MR) is 116 cm³/mol. The Bertz CT molecular complexity index is 1120. The summed E-state index contributed by atoms with van der Waals surface area (Å²) in [6.45, 7) is 4.45. The molecule has 4 rings (SSSR count). The smallest absolute Gasteiger partial charge is 0.322 e. The minimum atomic E-state index is -4.56. The van der Waals surface area contributed by atoms with Crippen molar-refractivity contribution in [1.82, 2.24) is 24.3 Å². The van der Waals surface area contributed by atoms with Crippen LogP contribution in [0.2, 0.25) is 5.02 Å². The van der Waals surface area contributed by atoms with Crippen molar-refractivity contribution in [3.8, 4) is 0 Å². The number of pyridine rings is 1. The van der Waals surface area contributed by atoms with E-state index in [1.807, 2.05) is 17.9 Å². The normalized spacial score (nSPS) is 15.3. The number of anilines is 1. The van der Waals surface area contributed by atoms with Crippen LogP contribution in [0.25, 0.3) is 11.2 Å². The summed E-state index contributed by atoms with van der Waals surface area (Å²) in [5.74, 6) is -0.943. The zero-order valence-corrected chi connectivity index (χ0v) is 18.1. The number of aryl methyl sites for hydroxylation is 1. The number of fused-ring (bicyclic) bond motifs is 1. The monoisotopic (exact) mass is 466 g/mol. The molecule has 1 fully saturated rings. The zero-order chi connectivity index (χ0) is 22.9. The van der Waals surface area contributed by atoms with Crippen molar-refractivity contribution in [2.45, 2.75) is 19.6 Å². The molecule has 1 aromatic carbocycles. The molecular weight excluding hydrogens is 445 g/mol. The molecule has 1 saturated heterocycles. The van der Waals surface area contributed by atoms with Crippen LogP contribution in [0.4, 0.5) is 23.7 Å². The van der Waals surface area contributed by atoms with Crippen LogP contribution in [-0.2, 0) is 12.7 Å². The van der Waals surface area contributed by atoms with Gasteiger partial charge in [0.2, 0.25) is 5.82 Å². The highest BCUT2D eigenvalue weighted by atomic mass is 35.5. The van der Waals surface area contributed by atoms with Crippen LogP contribution < -0.4 is 5.32 Å². The quantitative estimate of drug-likeness (QED) is 0.624. The standard InChI is InChI=1S/C21H22ClF3N6O/c1-14-4-5-15(22)13-17(14)28-20(32)30-10-7-29(8-11-30)9-12-31-18-16(3-2-6-26-18)27-19(31)21(23,24)25/h2-6,13H,7-12H2,1H3,(H,28,32). The van der Waals surface area contributed by atoms with Gasteiger partial charge in [-0.2, -0.15) is 13.2 Å². The second-order valence-corrected chi connectivity index (χ2v) is 8.09. The van der Waals surface area contributed by atoms with Crippen molar-refractivity contribution in [3.05, 3.63) is 52.9 Å². The Balaban J connectivity index is 1.36. The number of hydrogen-bond donors (Lipinski definition) is 1. The van der Waals surface area contributed by atoms with E-state index in [-0.39, 0.29) is 23.7 Å². The summed E-state index contributed by atoms with van der Waals surface area (Å²) in [6, 6.07) is 8.16. The molecule has 1 N–H and O–H groups in total. The summed E-state index contributed by atoms with van der Waals surface area (Å²) >= 11 is 6.00. The van der Waals surface area contributed by atoms with E-state index in [0.717, 1.165) is 10.1 Å². The van der Waals surface area contributed by atoms with Gasteiger partial charge in [0.05, 0.1) is 0 Å². The van der Waals surface area contributed by atoms with Gasteiger partial charge in [-0.05, 0) is 36.8 Å². The average Bonchev–Trinajstić information content (AvgIpc) is 3.14. The van der Waals surface area contributed by atoms with Crippen LogP contribution in [0.3, 0.4) is 0 Å². The lowest BCUT2D eigenvalue weighted by Crippen LogP contribution is -2.50. The molecule has 7 nitrogen and oxygen atoms in total. The number of carbonyl (C=O) groups is 1. The number of rotatable bonds is 4. The van der Waals surface area contributed by atoms with Gasteiger partial charge in [-0.15, -0.1) is 0 Å². The number of carbonyl (C=O) groups excluding carboxylic acids is 1. The zero-order valence-electron chi connectivity index (χ0n) is 17.4. The first kappa shape index (κ1) is 22.3. The van der Waals surface area contributed by atoms with Crippen LogP contribution in [0.1, 0.15) is 11.4 Å². The summed E-state index contributed by atoms with van der Waals surface area (Å²) in [6.07, 6.45) is -3.10. The van der Waals surface area contributed by atoms with Crippen LogP contribution in [0, 0.1) is 6.92 Å². The number of alkyl halides is 3. The second-order valence-electron chi connectivity index (χ2n) is 7.65. The minimum absolute atomic E-state index is 0.107. The van der Waals surface area contributed by atoms with Crippen molar-refractivity contribution in [3.63, 3.8) is 0 Å². The molecule has 0 spiro atoms. The van der Waals surface area contributed by atoms with Gasteiger partial charge in [-0.3, -0.25) is 4.90 Å². The van der Waals surface area contributed by atoms with Crippen LogP contribution in [-0.4, -0.2) is 63.1 Å². The number of hydrogen-bond acceptors (Lipinski definition) is 4. The van der Waals surface area contributed by atoms with E-state index < -0.39 is 12.0 Å². The summed E-state index contributed by atoms with van der Waals surface area (Å²) in [7, 11) is 0. The van der Waals surface area contributed by atoms with E-state index in [4.69, 9.17) is 11.6 Å². The molecule has 1 aliphatic rings. The Kier molecular flexibility index (Phi) is 6.25. The molecule has 2 aromatic heterocycles. The number of nitrogens with one attached hydrogen (secondary N) is 1. The number of imidazole rings is 1. The van der Waals surface area contributed by atoms with E-state index in [1.54, 1.807) is 23.1 Å². The highest BCUT2D eigenvalue weighted by Crippen LogP contribution is 2.31. The lowest BCUT2D eigenvalue weighted by atomic mass is 10.2. The molecule has 0 atom stereocenters. The first-order valence-corrected chi connectivity index (χ1v) is 10.5. The molecule has 1 aliphatic heterocycles. The fourth-order valence-corrected chi connectivity index (χ4v) is 3.90. The third-order valence-corrected chi connectivity index (χ3v) is 5.73. The Hall–Kier alpha value is -2.85. The van der Waals surface area contributed by atoms with Crippen molar-refractivity contribution >= 4 is 34.5 Å². The predicted octanol–water partition coefficient (Wildman–Crippen LogP) is 4.26. The Morgan fingerprint density at radius 1 is 1.16 bits per heavy atom. The molecule has 0 aliphatic carbocycles. The van der Waals surface area contributed by atoms with Gasteiger partial charge in [0.25, 0.3) is 0 Å². The third-order valence-electron chi connectivity index (χ3n) is 5.50. The van der Waals surface area contributed by atoms with E-state index >= 15 is 0 Å². The molecule has 170 valence electrons. The van der Waals surface area contributed by atoms with E-state index in [9.17, 15) is 18.0 Å². The summed E-state index contributed by atoms with van der Waals surface area (Å²) in [4.78, 5) is 24.1. The first-order chi connectivity index (χ1) is 15.2. The van der Waals surface area contributed by atoms with Crippen LogP contribution in [0.5, 0.6) is 0 Å². The molecule has 0 saturated carbocycles. The van der Waals surface area contributed by atoms with Gasteiger partial charge < -0.3 is 14.8 Å². The maximum atomic E-state index is 13.4. The van der Waals surface area contributed by atoms with E-state index in [1.165, 1.54) is 12.3 Å². The molecule has 3 aromatic rings. The van der Waals surface area contributed by atoms with Crippen LogP contribution >= 0.6 is 11.6 Å². The summed E-state index contributed by atoms with van der Waals surface area (Å²) in [5.41, 5.74) is 2.00. The maximum Gasteiger partial charge on any atom is 0.449 e. The number of amides is 2. The number of urea groups is 1. The lowest BCUT2D eigenvalue weighted by Gasteiger charge is -2.35. The topological polar surface area (TPSA) is 66.3 Å². The Morgan fingerprint density at radius 3 is 2.62 bits per heavy atom. The number of benzene rings is 1. The molecule has 0 bridgehead atoms. The summed E-state index contributed by atoms with van der Waals surface area (Å²) < 4.78 is 41.4. The third kappa shape index (κ3) is 4.81. The van der Waals surface area contributed by atoms with E-state index in [0.29, 0.717) is 43.4 Å².